The van der Waals surface area contributed by atoms with Gasteiger partial charge in [0.25, 0.3) is 0 Å². The smallest absolute Gasteiger partial charge is 0.151 e. The highest BCUT2D eigenvalue weighted by molar-refractivity contribution is 5.81. The first-order valence-corrected chi connectivity index (χ1v) is 10.7. The van der Waals surface area contributed by atoms with Gasteiger partial charge in [0.05, 0.1) is 5.69 Å². The van der Waals surface area contributed by atoms with Crippen LogP contribution in [0.25, 0.3) is 0 Å². The van der Waals surface area contributed by atoms with Crippen LogP contribution in [0.5, 0.6) is 28.7 Å². The number of para-hydroxylation sites is 2. The fraction of sp³-hybridized carbons (Fsp3) is 0.143. The van der Waals surface area contributed by atoms with Crippen molar-refractivity contribution in [2.45, 2.75) is 27.7 Å². The molecular formula is C28H27NO4. The van der Waals surface area contributed by atoms with Crippen molar-refractivity contribution < 1.29 is 20.1 Å². The minimum absolute atomic E-state index is 0.134. The van der Waals surface area contributed by atoms with E-state index in [9.17, 15) is 15.3 Å². The molecule has 0 saturated carbocycles. The van der Waals surface area contributed by atoms with E-state index in [0.717, 1.165) is 22.3 Å². The minimum Gasteiger partial charge on any atom is -0.508 e. The molecule has 5 heteroatoms. The molecular weight excluding hydrogens is 414 g/mol. The lowest BCUT2D eigenvalue weighted by molar-refractivity contribution is 0.452. The topological polar surface area (TPSA) is 73.2 Å². The number of ether oxygens (including phenoxy) is 1. The van der Waals surface area contributed by atoms with Gasteiger partial charge in [0.1, 0.15) is 23.0 Å². The molecule has 3 N–H and O–H groups in total. The van der Waals surface area contributed by atoms with Crippen molar-refractivity contribution in [3.63, 3.8) is 0 Å². The van der Waals surface area contributed by atoms with Crippen molar-refractivity contribution in [3.05, 3.63) is 95.1 Å². The third-order valence-corrected chi connectivity index (χ3v) is 5.83. The zero-order chi connectivity index (χ0) is 23.7. The summed E-state index contributed by atoms with van der Waals surface area (Å²) in [6.45, 7) is 7.54. The van der Waals surface area contributed by atoms with Crippen LogP contribution in [-0.2, 0) is 0 Å². The van der Waals surface area contributed by atoms with E-state index < -0.39 is 0 Å². The highest BCUT2D eigenvalue weighted by atomic mass is 16.5. The molecule has 0 fully saturated rings. The molecule has 0 bridgehead atoms. The van der Waals surface area contributed by atoms with Gasteiger partial charge in [0.15, 0.2) is 5.75 Å². The normalized spacial score (nSPS) is 10.8. The van der Waals surface area contributed by atoms with E-state index in [0.29, 0.717) is 28.6 Å². The van der Waals surface area contributed by atoms with Crippen molar-refractivity contribution in [3.8, 4) is 28.7 Å². The lowest BCUT2D eigenvalue weighted by atomic mass is 10.1. The number of rotatable bonds is 5. The van der Waals surface area contributed by atoms with E-state index in [-0.39, 0.29) is 17.2 Å². The summed E-state index contributed by atoms with van der Waals surface area (Å²) in [6.07, 6.45) is 0. The fourth-order valence-corrected chi connectivity index (χ4v) is 3.66. The molecule has 168 valence electrons. The molecule has 5 nitrogen and oxygen atoms in total. The number of phenols is 3. The lowest BCUT2D eigenvalue weighted by Crippen LogP contribution is -2.11. The van der Waals surface area contributed by atoms with Crippen molar-refractivity contribution in [2.24, 2.45) is 0 Å². The van der Waals surface area contributed by atoms with Crippen molar-refractivity contribution in [2.75, 3.05) is 4.90 Å². The molecule has 4 aromatic rings. The maximum absolute atomic E-state index is 10.4. The Bertz CT molecular complexity index is 1280. The summed E-state index contributed by atoms with van der Waals surface area (Å²) in [7, 11) is 0. The minimum atomic E-state index is 0.134. The van der Waals surface area contributed by atoms with Gasteiger partial charge >= 0.3 is 0 Å². The summed E-state index contributed by atoms with van der Waals surface area (Å²) in [4.78, 5) is 1.92. The predicted octanol–water partition coefficient (Wildman–Crippen LogP) is 7.30. The molecule has 0 spiro atoms. The Kier molecular flexibility index (Phi) is 5.88. The average Bonchev–Trinajstić information content (AvgIpc) is 2.78. The van der Waals surface area contributed by atoms with Gasteiger partial charge in [-0.05, 0) is 80.3 Å². The van der Waals surface area contributed by atoms with Crippen molar-refractivity contribution >= 4 is 17.1 Å². The number of hydrogen-bond donors (Lipinski definition) is 3. The Hall–Kier alpha value is -4.12. The van der Waals surface area contributed by atoms with Crippen LogP contribution >= 0.6 is 0 Å². The number of aryl methyl sites for hydroxylation is 3. The van der Waals surface area contributed by atoms with E-state index in [1.54, 1.807) is 24.3 Å². The number of anilines is 3. The van der Waals surface area contributed by atoms with Gasteiger partial charge in [0, 0.05) is 29.6 Å². The monoisotopic (exact) mass is 441 g/mol. The van der Waals surface area contributed by atoms with E-state index in [1.807, 2.05) is 81.1 Å². The van der Waals surface area contributed by atoms with E-state index in [4.69, 9.17) is 4.74 Å². The van der Waals surface area contributed by atoms with Gasteiger partial charge in [-0.2, -0.15) is 0 Å². The summed E-state index contributed by atoms with van der Waals surface area (Å²) in [6, 6.07) is 21.7. The van der Waals surface area contributed by atoms with Crippen LogP contribution in [0.1, 0.15) is 22.3 Å². The Morgan fingerprint density at radius 2 is 1.18 bits per heavy atom. The van der Waals surface area contributed by atoms with Gasteiger partial charge in [-0.1, -0.05) is 24.3 Å². The quantitative estimate of drug-likeness (QED) is 0.303. The molecule has 0 saturated heterocycles. The van der Waals surface area contributed by atoms with Crippen LogP contribution in [-0.4, -0.2) is 15.3 Å². The maximum atomic E-state index is 10.4. The molecule has 0 aliphatic carbocycles. The van der Waals surface area contributed by atoms with Crippen LogP contribution in [0.4, 0.5) is 17.1 Å². The molecule has 0 unspecified atom stereocenters. The van der Waals surface area contributed by atoms with Gasteiger partial charge in [-0.15, -0.1) is 0 Å². The van der Waals surface area contributed by atoms with Crippen LogP contribution < -0.4 is 9.64 Å². The number of nitrogens with zero attached hydrogens (tertiary/aromatic N) is 1. The summed E-state index contributed by atoms with van der Waals surface area (Å²) in [5, 5.41) is 30.9. The second kappa shape index (κ2) is 8.79. The van der Waals surface area contributed by atoms with Crippen molar-refractivity contribution in [1.29, 1.82) is 0 Å². The van der Waals surface area contributed by atoms with Crippen LogP contribution in [0.15, 0.2) is 72.8 Å². The third kappa shape index (κ3) is 4.44. The third-order valence-electron chi connectivity index (χ3n) is 5.83. The molecule has 0 aromatic heterocycles. The van der Waals surface area contributed by atoms with Crippen LogP contribution in [0.3, 0.4) is 0 Å². The molecule has 0 aliphatic heterocycles. The van der Waals surface area contributed by atoms with Gasteiger partial charge < -0.3 is 25.0 Å². The fourth-order valence-electron chi connectivity index (χ4n) is 3.66. The lowest BCUT2D eigenvalue weighted by Gasteiger charge is -2.28. The van der Waals surface area contributed by atoms with Crippen molar-refractivity contribution in [1.82, 2.24) is 0 Å². The van der Waals surface area contributed by atoms with Gasteiger partial charge in [0.2, 0.25) is 0 Å². The second-order valence-electron chi connectivity index (χ2n) is 8.23. The Balaban J connectivity index is 1.90. The highest BCUT2D eigenvalue weighted by Crippen LogP contribution is 2.44. The molecule has 0 radical (unpaired) electrons. The summed E-state index contributed by atoms with van der Waals surface area (Å²) in [5.74, 6) is 1.59. The Morgan fingerprint density at radius 1 is 0.606 bits per heavy atom. The number of hydrogen-bond acceptors (Lipinski definition) is 5. The summed E-state index contributed by atoms with van der Waals surface area (Å²) < 4.78 is 6.31. The molecule has 0 aliphatic rings. The number of phenolic OH excluding ortho intramolecular Hbond substituents is 3. The SMILES string of the molecule is Cc1ccc(N(c2ccc(C)c(O)c2)c2ccccc2Oc2cc(O)cc(C)c2C)cc1O. The largest absolute Gasteiger partial charge is 0.508 e. The second-order valence-corrected chi connectivity index (χ2v) is 8.23. The van der Waals surface area contributed by atoms with E-state index >= 15 is 0 Å². The average molecular weight is 442 g/mol. The van der Waals surface area contributed by atoms with Gasteiger partial charge in [-0.3, -0.25) is 0 Å². The summed E-state index contributed by atoms with van der Waals surface area (Å²) >= 11 is 0. The molecule has 0 heterocycles. The summed E-state index contributed by atoms with van der Waals surface area (Å²) in [5.41, 5.74) is 5.51. The standard InChI is InChI=1S/C28H27NO4/c1-17-9-11-21(14-25(17)31)29(22-12-10-18(2)26(32)15-22)24-7-5-6-8-27(24)33-28-16-23(30)13-19(3)20(28)4/h5-16,30-32H,1-4H3. The van der Waals surface area contributed by atoms with E-state index in [1.165, 1.54) is 0 Å². The number of benzene rings is 4. The molecule has 0 amide bonds. The predicted molar refractivity (Wildman–Crippen MR) is 132 cm³/mol. The zero-order valence-corrected chi connectivity index (χ0v) is 19.1. The molecule has 4 aromatic carbocycles. The Labute approximate surface area is 193 Å². The highest BCUT2D eigenvalue weighted by Gasteiger charge is 2.20. The maximum Gasteiger partial charge on any atom is 0.151 e. The van der Waals surface area contributed by atoms with Gasteiger partial charge in [-0.25, -0.2) is 0 Å². The Morgan fingerprint density at radius 3 is 1.76 bits per heavy atom. The first-order valence-electron chi connectivity index (χ1n) is 10.7. The number of aromatic hydroxyl groups is 3. The first-order chi connectivity index (χ1) is 15.7. The van der Waals surface area contributed by atoms with Crippen LogP contribution in [0.2, 0.25) is 0 Å². The first kappa shape index (κ1) is 22.1. The molecule has 33 heavy (non-hydrogen) atoms. The van der Waals surface area contributed by atoms with E-state index in [2.05, 4.69) is 0 Å². The zero-order valence-electron chi connectivity index (χ0n) is 19.1. The molecule has 0 atom stereocenters. The van der Waals surface area contributed by atoms with Crippen LogP contribution in [0, 0.1) is 27.7 Å². The molecule has 4 rings (SSSR count).